The number of methoxy groups -OCH3 is 1. The van der Waals surface area contributed by atoms with E-state index in [1.54, 1.807) is 60.5 Å². The average Bonchev–Trinajstić information content (AvgIpc) is 2.60. The zero-order valence-electron chi connectivity index (χ0n) is 13.5. The summed E-state index contributed by atoms with van der Waals surface area (Å²) >= 11 is 5.88. The second-order valence-electron chi connectivity index (χ2n) is 5.10. The standard InChI is InChI=1S/C18H18ClNO4/c1-20(10-11-24-16-5-3-4-15(19)12-16)17(21)13-6-8-14(9-7-13)18(22)23-2/h3-9,12H,10-11H2,1-2H3. The largest absolute Gasteiger partial charge is 0.492 e. The molecule has 0 heterocycles. The lowest BCUT2D eigenvalue weighted by Gasteiger charge is -2.17. The van der Waals surface area contributed by atoms with Gasteiger partial charge in [-0.25, -0.2) is 4.79 Å². The highest BCUT2D eigenvalue weighted by Crippen LogP contribution is 2.17. The zero-order valence-corrected chi connectivity index (χ0v) is 14.2. The molecule has 1 amide bonds. The van der Waals surface area contributed by atoms with Gasteiger partial charge in [-0.3, -0.25) is 4.79 Å². The molecule has 0 aliphatic heterocycles. The van der Waals surface area contributed by atoms with Gasteiger partial charge in [0.05, 0.1) is 19.2 Å². The summed E-state index contributed by atoms with van der Waals surface area (Å²) < 4.78 is 10.2. The molecule has 0 radical (unpaired) electrons. The van der Waals surface area contributed by atoms with Crippen LogP contribution >= 0.6 is 11.6 Å². The van der Waals surface area contributed by atoms with Crippen LogP contribution in [0.3, 0.4) is 0 Å². The van der Waals surface area contributed by atoms with E-state index in [-0.39, 0.29) is 5.91 Å². The summed E-state index contributed by atoms with van der Waals surface area (Å²) in [5, 5.41) is 0.600. The molecule has 0 saturated heterocycles. The molecule has 2 rings (SSSR count). The van der Waals surface area contributed by atoms with Gasteiger partial charge in [-0.15, -0.1) is 0 Å². The van der Waals surface area contributed by atoms with Crippen molar-refractivity contribution in [1.29, 1.82) is 0 Å². The van der Waals surface area contributed by atoms with Gasteiger partial charge in [-0.2, -0.15) is 0 Å². The molecule has 6 heteroatoms. The Balaban J connectivity index is 1.88. The van der Waals surface area contributed by atoms with Crippen molar-refractivity contribution in [3.63, 3.8) is 0 Å². The van der Waals surface area contributed by atoms with E-state index in [1.807, 2.05) is 0 Å². The van der Waals surface area contributed by atoms with E-state index in [1.165, 1.54) is 7.11 Å². The lowest BCUT2D eigenvalue weighted by Crippen LogP contribution is -2.30. The van der Waals surface area contributed by atoms with Crippen LogP contribution in [0.5, 0.6) is 5.75 Å². The number of rotatable bonds is 6. The molecule has 0 N–H and O–H groups in total. The van der Waals surface area contributed by atoms with Crippen LogP contribution in [0, 0.1) is 0 Å². The fraction of sp³-hybridized carbons (Fsp3) is 0.222. The average molecular weight is 348 g/mol. The Morgan fingerprint density at radius 1 is 1.08 bits per heavy atom. The summed E-state index contributed by atoms with van der Waals surface area (Å²) in [7, 11) is 3.01. The summed E-state index contributed by atoms with van der Waals surface area (Å²) in [6.45, 7) is 0.771. The second kappa shape index (κ2) is 8.36. The Hall–Kier alpha value is -2.53. The summed E-state index contributed by atoms with van der Waals surface area (Å²) in [4.78, 5) is 25.3. The first-order valence-electron chi connectivity index (χ1n) is 7.33. The van der Waals surface area contributed by atoms with E-state index in [0.29, 0.717) is 35.1 Å². The molecule has 0 bridgehead atoms. The summed E-state index contributed by atoms with van der Waals surface area (Å²) in [5.41, 5.74) is 0.897. The van der Waals surface area contributed by atoms with E-state index in [9.17, 15) is 9.59 Å². The molecular formula is C18H18ClNO4. The van der Waals surface area contributed by atoms with Crippen molar-refractivity contribution < 1.29 is 19.1 Å². The maximum Gasteiger partial charge on any atom is 0.337 e. The number of halogens is 1. The van der Waals surface area contributed by atoms with Crippen molar-refractivity contribution in [3.8, 4) is 5.75 Å². The highest BCUT2D eigenvalue weighted by Gasteiger charge is 2.13. The van der Waals surface area contributed by atoms with Crippen LogP contribution in [-0.2, 0) is 4.74 Å². The third-order valence-electron chi connectivity index (χ3n) is 3.39. The highest BCUT2D eigenvalue weighted by atomic mass is 35.5. The van der Waals surface area contributed by atoms with Gasteiger partial charge in [-0.05, 0) is 42.5 Å². The van der Waals surface area contributed by atoms with Crippen molar-refractivity contribution in [2.24, 2.45) is 0 Å². The van der Waals surface area contributed by atoms with Crippen LogP contribution in [0.4, 0.5) is 0 Å². The summed E-state index contributed by atoms with van der Waals surface area (Å²) in [5.74, 6) is 0.0733. The number of esters is 1. The smallest absolute Gasteiger partial charge is 0.337 e. The van der Waals surface area contributed by atoms with Crippen molar-refractivity contribution in [2.45, 2.75) is 0 Å². The van der Waals surface area contributed by atoms with Crippen LogP contribution in [0.2, 0.25) is 5.02 Å². The molecule has 0 atom stereocenters. The van der Waals surface area contributed by atoms with Gasteiger partial charge < -0.3 is 14.4 Å². The first kappa shape index (κ1) is 17.8. The van der Waals surface area contributed by atoms with Crippen LogP contribution in [0.25, 0.3) is 0 Å². The Morgan fingerprint density at radius 2 is 1.75 bits per heavy atom. The lowest BCUT2D eigenvalue weighted by atomic mass is 10.1. The van der Waals surface area contributed by atoms with Crippen LogP contribution in [0.1, 0.15) is 20.7 Å². The lowest BCUT2D eigenvalue weighted by molar-refractivity contribution is 0.0600. The molecular weight excluding hydrogens is 330 g/mol. The minimum atomic E-state index is -0.433. The predicted molar refractivity (Wildman–Crippen MR) is 91.7 cm³/mol. The zero-order chi connectivity index (χ0) is 17.5. The number of hydrogen-bond donors (Lipinski definition) is 0. The Kier molecular flexibility index (Phi) is 6.21. The molecule has 0 unspecified atom stereocenters. The van der Waals surface area contributed by atoms with Crippen LogP contribution in [0.15, 0.2) is 48.5 Å². The van der Waals surface area contributed by atoms with Crippen LogP contribution in [-0.4, -0.2) is 44.1 Å². The minimum Gasteiger partial charge on any atom is -0.492 e. The second-order valence-corrected chi connectivity index (χ2v) is 5.54. The van der Waals surface area contributed by atoms with Gasteiger partial charge in [0.1, 0.15) is 12.4 Å². The molecule has 0 aliphatic carbocycles. The number of carbonyl (C=O) groups excluding carboxylic acids is 2. The van der Waals surface area contributed by atoms with Crippen molar-refractivity contribution in [1.82, 2.24) is 4.90 Å². The van der Waals surface area contributed by atoms with Gasteiger partial charge in [0.2, 0.25) is 0 Å². The molecule has 24 heavy (non-hydrogen) atoms. The van der Waals surface area contributed by atoms with E-state index < -0.39 is 5.97 Å². The number of hydrogen-bond acceptors (Lipinski definition) is 4. The number of ether oxygens (including phenoxy) is 2. The van der Waals surface area contributed by atoms with Crippen molar-refractivity contribution >= 4 is 23.5 Å². The molecule has 126 valence electrons. The maximum atomic E-state index is 12.3. The topological polar surface area (TPSA) is 55.8 Å². The predicted octanol–water partition coefficient (Wildman–Crippen LogP) is 3.28. The number of likely N-dealkylation sites (N-methyl/N-ethyl adjacent to an activating group) is 1. The van der Waals surface area contributed by atoms with Gasteiger partial charge in [0, 0.05) is 17.6 Å². The molecule has 0 saturated carbocycles. The normalized spacial score (nSPS) is 10.1. The van der Waals surface area contributed by atoms with Crippen LogP contribution < -0.4 is 4.74 Å². The Bertz CT molecular complexity index is 715. The molecule has 0 spiro atoms. The fourth-order valence-corrected chi connectivity index (χ4v) is 2.23. The third kappa shape index (κ3) is 4.73. The van der Waals surface area contributed by atoms with Gasteiger partial charge in [-0.1, -0.05) is 17.7 Å². The fourth-order valence-electron chi connectivity index (χ4n) is 2.05. The van der Waals surface area contributed by atoms with E-state index in [4.69, 9.17) is 16.3 Å². The highest BCUT2D eigenvalue weighted by molar-refractivity contribution is 6.30. The molecule has 5 nitrogen and oxygen atoms in total. The monoisotopic (exact) mass is 347 g/mol. The molecule has 0 aliphatic rings. The summed E-state index contributed by atoms with van der Waals surface area (Å²) in [6, 6.07) is 13.4. The molecule has 2 aromatic carbocycles. The number of carbonyl (C=O) groups is 2. The van der Waals surface area contributed by atoms with E-state index >= 15 is 0 Å². The third-order valence-corrected chi connectivity index (χ3v) is 3.63. The Labute approximate surface area is 145 Å². The first-order valence-corrected chi connectivity index (χ1v) is 7.71. The van der Waals surface area contributed by atoms with Crippen molar-refractivity contribution in [3.05, 3.63) is 64.7 Å². The quantitative estimate of drug-likeness (QED) is 0.752. The molecule has 2 aromatic rings. The van der Waals surface area contributed by atoms with Gasteiger partial charge in [0.15, 0.2) is 0 Å². The van der Waals surface area contributed by atoms with Gasteiger partial charge in [0.25, 0.3) is 5.91 Å². The summed E-state index contributed by atoms with van der Waals surface area (Å²) in [6.07, 6.45) is 0. The number of benzene rings is 2. The van der Waals surface area contributed by atoms with E-state index in [0.717, 1.165) is 0 Å². The number of amides is 1. The molecule has 0 aromatic heterocycles. The molecule has 0 fully saturated rings. The minimum absolute atomic E-state index is 0.152. The number of nitrogens with zero attached hydrogens (tertiary/aromatic N) is 1. The maximum absolute atomic E-state index is 12.3. The Morgan fingerprint density at radius 3 is 2.38 bits per heavy atom. The van der Waals surface area contributed by atoms with Crippen molar-refractivity contribution in [2.75, 3.05) is 27.3 Å². The SMILES string of the molecule is COC(=O)c1ccc(C(=O)N(C)CCOc2cccc(Cl)c2)cc1. The van der Waals surface area contributed by atoms with Gasteiger partial charge >= 0.3 is 5.97 Å². The first-order chi connectivity index (χ1) is 11.5. The van der Waals surface area contributed by atoms with E-state index in [2.05, 4.69) is 4.74 Å².